The number of hydrogen-bond acceptors (Lipinski definition) is 4. The maximum atomic E-state index is 13.3. The van der Waals surface area contributed by atoms with E-state index in [1.54, 1.807) is 0 Å². The average Bonchev–Trinajstić information content (AvgIpc) is 2.15. The van der Waals surface area contributed by atoms with E-state index in [0.29, 0.717) is 0 Å². The van der Waals surface area contributed by atoms with Crippen LogP contribution in [0, 0.1) is 5.82 Å². The molecule has 0 unspecified atom stereocenters. The molecule has 84 valence electrons. The number of carbonyl (C=O) groups is 1. The third kappa shape index (κ3) is 1.68. The van der Waals surface area contributed by atoms with E-state index in [2.05, 4.69) is 0 Å². The number of hydrogen-bond donors (Lipinski definition) is 2. The van der Waals surface area contributed by atoms with Crippen molar-refractivity contribution >= 4 is 24.7 Å². The van der Waals surface area contributed by atoms with Crippen molar-refractivity contribution in [2.45, 2.75) is 0 Å². The number of fused-ring (bicyclic) bond motifs is 1. The van der Waals surface area contributed by atoms with Gasteiger partial charge in [0.1, 0.15) is 17.9 Å². The maximum absolute atomic E-state index is 13.3. The summed E-state index contributed by atoms with van der Waals surface area (Å²) >= 11 is 5.65. The summed E-state index contributed by atoms with van der Waals surface area (Å²) in [7, 11) is -1.34. The monoisotopic (exact) mass is 246 g/mol. The molecular weight excluding hydrogens is 241 g/mol. The van der Waals surface area contributed by atoms with Crippen molar-refractivity contribution in [3.63, 3.8) is 0 Å². The summed E-state index contributed by atoms with van der Waals surface area (Å²) in [4.78, 5) is 10.8. The topological polar surface area (TPSA) is 76.0 Å². The van der Waals surface area contributed by atoms with Gasteiger partial charge in [-0.25, -0.2) is 9.18 Å². The number of carboxylic acid groups (broad SMARTS) is 1. The zero-order valence-electron chi connectivity index (χ0n) is 7.74. The highest BCUT2D eigenvalue weighted by molar-refractivity contribution is 6.44. The van der Waals surface area contributed by atoms with E-state index < -0.39 is 30.2 Å². The lowest BCUT2D eigenvalue weighted by molar-refractivity contribution is 0.0687. The van der Waals surface area contributed by atoms with E-state index in [0.717, 1.165) is 6.07 Å². The third-order valence-electron chi connectivity index (χ3n) is 1.98. The van der Waals surface area contributed by atoms with Gasteiger partial charge in [-0.1, -0.05) is 11.6 Å². The van der Waals surface area contributed by atoms with Crippen molar-refractivity contribution in [3.8, 4) is 11.5 Å². The van der Waals surface area contributed by atoms with Crippen molar-refractivity contribution in [2.75, 3.05) is 6.51 Å². The van der Waals surface area contributed by atoms with Crippen LogP contribution in [0.25, 0.3) is 0 Å². The zero-order chi connectivity index (χ0) is 11.9. The summed E-state index contributed by atoms with van der Waals surface area (Å²) in [6.45, 7) is -0.197. The molecule has 2 N–H and O–H groups in total. The number of ether oxygens (including phenoxy) is 1. The van der Waals surface area contributed by atoms with Crippen molar-refractivity contribution in [3.05, 3.63) is 22.5 Å². The summed E-state index contributed by atoms with van der Waals surface area (Å²) in [5, 5.41) is 17.8. The molecule has 0 fully saturated rings. The van der Waals surface area contributed by atoms with Gasteiger partial charge in [-0.3, -0.25) is 0 Å². The minimum absolute atomic E-state index is 0.0780. The largest absolute Gasteiger partial charge is 0.563 e. The number of aromatic carboxylic acids is 1. The first-order chi connectivity index (χ1) is 7.50. The molecule has 1 heterocycles. The first kappa shape index (κ1) is 11.0. The first-order valence-corrected chi connectivity index (χ1v) is 4.61. The Labute approximate surface area is 94.5 Å². The smallest absolute Gasteiger partial charge is 0.531 e. The minimum atomic E-state index is -1.52. The number of halogens is 2. The van der Waals surface area contributed by atoms with Crippen LogP contribution in [-0.2, 0) is 0 Å². The summed E-state index contributed by atoms with van der Waals surface area (Å²) in [6.07, 6.45) is 0. The lowest BCUT2D eigenvalue weighted by Gasteiger charge is -2.23. The average molecular weight is 246 g/mol. The minimum Gasteiger partial charge on any atom is -0.531 e. The summed E-state index contributed by atoms with van der Waals surface area (Å²) < 4.78 is 23.1. The molecule has 5 nitrogen and oxygen atoms in total. The number of carboxylic acids is 1. The molecule has 0 bridgehead atoms. The highest BCUT2D eigenvalue weighted by Gasteiger charge is 2.33. The Morgan fingerprint density at radius 3 is 2.88 bits per heavy atom. The molecule has 16 heavy (non-hydrogen) atoms. The van der Waals surface area contributed by atoms with Gasteiger partial charge in [0.05, 0.1) is 5.02 Å². The van der Waals surface area contributed by atoms with Crippen LogP contribution in [0.5, 0.6) is 11.5 Å². The molecular formula is C8H5BClFO5. The van der Waals surface area contributed by atoms with Gasteiger partial charge in [0.2, 0.25) is 0 Å². The highest BCUT2D eigenvalue weighted by Crippen LogP contribution is 2.41. The lowest BCUT2D eigenvalue weighted by atomic mass is 9.91. The van der Waals surface area contributed by atoms with Gasteiger partial charge in [-0.05, 0) is 6.07 Å². The fraction of sp³-hybridized carbons (Fsp3) is 0.125. The van der Waals surface area contributed by atoms with Gasteiger partial charge in [0.25, 0.3) is 0 Å². The first-order valence-electron chi connectivity index (χ1n) is 4.23. The molecule has 1 aromatic carbocycles. The summed E-state index contributed by atoms with van der Waals surface area (Å²) in [5.74, 6) is -3.04. The quantitative estimate of drug-likeness (QED) is 0.722. The molecule has 0 aliphatic carbocycles. The Hall–Kier alpha value is -1.47. The summed E-state index contributed by atoms with van der Waals surface area (Å²) in [6, 6.07) is 0.824. The number of benzene rings is 1. The van der Waals surface area contributed by atoms with E-state index >= 15 is 0 Å². The fourth-order valence-corrected chi connectivity index (χ4v) is 1.59. The van der Waals surface area contributed by atoms with Gasteiger partial charge < -0.3 is 19.5 Å². The van der Waals surface area contributed by atoms with Crippen molar-refractivity contribution in [1.82, 2.24) is 0 Å². The van der Waals surface area contributed by atoms with Crippen LogP contribution in [0.2, 0.25) is 5.02 Å². The second-order valence-corrected chi connectivity index (χ2v) is 3.47. The molecule has 1 aliphatic heterocycles. The molecule has 1 aliphatic rings. The molecule has 0 saturated heterocycles. The molecule has 0 atom stereocenters. The van der Waals surface area contributed by atoms with Gasteiger partial charge in [0.15, 0.2) is 11.5 Å². The molecule has 2 rings (SSSR count). The van der Waals surface area contributed by atoms with Gasteiger partial charge in [0, 0.05) is 0 Å². The fourth-order valence-electron chi connectivity index (χ4n) is 1.35. The molecule has 0 radical (unpaired) electrons. The van der Waals surface area contributed by atoms with Crippen molar-refractivity contribution in [2.24, 2.45) is 0 Å². The molecule has 0 saturated carbocycles. The SMILES string of the molecule is O=C(O)c1c(F)cc(Cl)c2c1OB(O)CO2. The van der Waals surface area contributed by atoms with Crippen molar-refractivity contribution in [1.29, 1.82) is 0 Å². The summed E-state index contributed by atoms with van der Waals surface area (Å²) in [5.41, 5.74) is -0.710. The molecule has 0 aromatic heterocycles. The Bertz CT molecular complexity index is 466. The van der Waals surface area contributed by atoms with E-state index in [1.807, 2.05) is 0 Å². The maximum Gasteiger partial charge on any atom is 0.563 e. The second-order valence-electron chi connectivity index (χ2n) is 3.06. The molecule has 0 amide bonds. The van der Waals surface area contributed by atoms with E-state index in [1.165, 1.54) is 0 Å². The van der Waals surface area contributed by atoms with Gasteiger partial charge in [-0.15, -0.1) is 0 Å². The second kappa shape index (κ2) is 3.84. The Morgan fingerprint density at radius 1 is 1.56 bits per heavy atom. The standard InChI is InChI=1S/C8H5BClFO5/c10-3-1-4(11)5(8(12)13)7-6(3)15-2-9(14)16-7/h1,14H,2H2,(H,12,13). The molecule has 1 aromatic rings. The molecule has 8 heteroatoms. The van der Waals surface area contributed by atoms with Crippen LogP contribution >= 0.6 is 11.6 Å². The Morgan fingerprint density at radius 2 is 2.25 bits per heavy atom. The van der Waals surface area contributed by atoms with Crippen LogP contribution < -0.4 is 9.39 Å². The van der Waals surface area contributed by atoms with E-state index in [9.17, 15) is 9.18 Å². The van der Waals surface area contributed by atoms with Crippen LogP contribution in [0.15, 0.2) is 6.07 Å². The predicted octanol–water partition coefficient (Wildman–Crippen LogP) is 0.968. The zero-order valence-corrected chi connectivity index (χ0v) is 8.49. The van der Waals surface area contributed by atoms with Gasteiger partial charge >= 0.3 is 13.1 Å². The van der Waals surface area contributed by atoms with E-state index in [-0.39, 0.29) is 17.3 Å². The van der Waals surface area contributed by atoms with Crippen molar-refractivity contribution < 1.29 is 28.7 Å². The Kier molecular flexibility index (Phi) is 2.65. The highest BCUT2D eigenvalue weighted by atomic mass is 35.5. The molecule has 0 spiro atoms. The third-order valence-corrected chi connectivity index (χ3v) is 2.26. The normalized spacial score (nSPS) is 13.8. The van der Waals surface area contributed by atoms with Crippen LogP contribution in [0.4, 0.5) is 4.39 Å². The number of rotatable bonds is 1. The van der Waals surface area contributed by atoms with Crippen LogP contribution in [0.3, 0.4) is 0 Å². The predicted molar refractivity (Wildman–Crippen MR) is 52.5 cm³/mol. The van der Waals surface area contributed by atoms with Crippen LogP contribution in [-0.4, -0.2) is 29.7 Å². The van der Waals surface area contributed by atoms with Gasteiger partial charge in [-0.2, -0.15) is 0 Å². The Balaban J connectivity index is 2.66. The lowest BCUT2D eigenvalue weighted by Crippen LogP contribution is -2.35. The van der Waals surface area contributed by atoms with E-state index in [4.69, 9.17) is 31.1 Å². The van der Waals surface area contributed by atoms with Crippen LogP contribution in [0.1, 0.15) is 10.4 Å².